The van der Waals surface area contributed by atoms with Crippen molar-refractivity contribution in [2.45, 2.75) is 26.2 Å². The number of hydrogen-bond donors (Lipinski definition) is 1. The van der Waals surface area contributed by atoms with Crippen molar-refractivity contribution in [3.8, 4) is 0 Å². The van der Waals surface area contributed by atoms with Crippen LogP contribution in [0.2, 0.25) is 0 Å². The second-order valence-electron chi connectivity index (χ2n) is 4.52. The number of nitrogens with zero attached hydrogens (tertiary/aromatic N) is 2. The minimum Gasteiger partial charge on any atom is -0.315 e. The maximum Gasteiger partial charge on any atom is 0.0299 e. The van der Waals surface area contributed by atoms with Crippen LogP contribution in [0.25, 0.3) is 0 Å². The van der Waals surface area contributed by atoms with Gasteiger partial charge < -0.3 is 10.2 Å². The number of aromatic nitrogens is 1. The van der Waals surface area contributed by atoms with Crippen molar-refractivity contribution in [3.05, 3.63) is 30.1 Å². The van der Waals surface area contributed by atoms with Crippen LogP contribution in [-0.4, -0.2) is 43.1 Å². The molecule has 0 aliphatic heterocycles. The van der Waals surface area contributed by atoms with Crippen LogP contribution < -0.4 is 5.32 Å². The van der Waals surface area contributed by atoms with E-state index < -0.39 is 0 Å². The Labute approximate surface area is 105 Å². The number of likely N-dealkylation sites (N-methyl/N-ethyl adjacent to an activating group) is 1. The fraction of sp³-hybridized carbons (Fsp3) is 0.643. The highest BCUT2D eigenvalue weighted by atomic mass is 15.1. The topological polar surface area (TPSA) is 28.2 Å². The molecule has 3 heteroatoms. The highest BCUT2D eigenvalue weighted by Gasteiger charge is 1.98. The van der Waals surface area contributed by atoms with Gasteiger partial charge >= 0.3 is 0 Å². The van der Waals surface area contributed by atoms with Crippen LogP contribution in [0.4, 0.5) is 0 Å². The molecule has 0 radical (unpaired) electrons. The summed E-state index contributed by atoms with van der Waals surface area (Å²) < 4.78 is 0. The molecule has 0 amide bonds. The summed E-state index contributed by atoms with van der Waals surface area (Å²) in [6.45, 7) is 6.71. The zero-order valence-corrected chi connectivity index (χ0v) is 11.2. The molecule has 0 saturated carbocycles. The molecule has 0 aromatic carbocycles. The quantitative estimate of drug-likeness (QED) is 0.663. The fourth-order valence-electron chi connectivity index (χ4n) is 1.78. The molecule has 1 N–H and O–H groups in total. The number of nitrogens with one attached hydrogen (secondary N) is 1. The van der Waals surface area contributed by atoms with Gasteiger partial charge in [-0.25, -0.2) is 0 Å². The van der Waals surface area contributed by atoms with Gasteiger partial charge in [0.1, 0.15) is 0 Å². The zero-order valence-electron chi connectivity index (χ0n) is 11.2. The van der Waals surface area contributed by atoms with Crippen molar-refractivity contribution in [1.82, 2.24) is 15.2 Å². The van der Waals surface area contributed by atoms with Gasteiger partial charge in [0.05, 0.1) is 0 Å². The number of pyridine rings is 1. The predicted molar refractivity (Wildman–Crippen MR) is 73.2 cm³/mol. The van der Waals surface area contributed by atoms with Crippen molar-refractivity contribution in [3.63, 3.8) is 0 Å². The number of aryl methyl sites for hydroxylation is 1. The summed E-state index contributed by atoms with van der Waals surface area (Å²) in [5, 5.41) is 3.42. The van der Waals surface area contributed by atoms with Crippen LogP contribution in [0, 0.1) is 0 Å². The van der Waals surface area contributed by atoms with E-state index in [4.69, 9.17) is 0 Å². The van der Waals surface area contributed by atoms with E-state index in [-0.39, 0.29) is 0 Å². The van der Waals surface area contributed by atoms with Gasteiger partial charge in [0.2, 0.25) is 0 Å². The van der Waals surface area contributed by atoms with E-state index >= 15 is 0 Å². The van der Waals surface area contributed by atoms with E-state index in [2.05, 4.69) is 35.2 Å². The Balaban J connectivity index is 2.02. The number of hydrogen-bond acceptors (Lipinski definition) is 3. The maximum absolute atomic E-state index is 4.13. The molecule has 1 aromatic heterocycles. The van der Waals surface area contributed by atoms with Crippen LogP contribution in [0.3, 0.4) is 0 Å². The molecule has 1 aromatic rings. The molecule has 0 aliphatic carbocycles. The first-order valence-electron chi connectivity index (χ1n) is 6.61. The van der Waals surface area contributed by atoms with Gasteiger partial charge in [-0.15, -0.1) is 0 Å². The summed E-state index contributed by atoms with van der Waals surface area (Å²) >= 11 is 0. The summed E-state index contributed by atoms with van der Waals surface area (Å²) in [6, 6.07) is 4.16. The van der Waals surface area contributed by atoms with Gasteiger partial charge in [-0.1, -0.05) is 13.0 Å². The molecular formula is C14H25N3. The van der Waals surface area contributed by atoms with Gasteiger partial charge in [-0.05, 0) is 51.0 Å². The van der Waals surface area contributed by atoms with E-state index in [1.54, 1.807) is 0 Å². The molecule has 1 heterocycles. The molecule has 0 bridgehead atoms. The third-order valence-electron chi connectivity index (χ3n) is 2.83. The molecule has 1 rings (SSSR count). The molecule has 0 saturated heterocycles. The zero-order chi connectivity index (χ0) is 12.3. The summed E-state index contributed by atoms with van der Waals surface area (Å²) in [6.07, 6.45) is 7.33. The lowest BCUT2D eigenvalue weighted by Crippen LogP contribution is -2.30. The third kappa shape index (κ3) is 7.08. The van der Waals surface area contributed by atoms with Crippen LogP contribution in [0.1, 0.15) is 25.3 Å². The Morgan fingerprint density at radius 2 is 2.18 bits per heavy atom. The molecule has 0 aliphatic rings. The Hall–Kier alpha value is -0.930. The maximum atomic E-state index is 4.13. The first-order valence-corrected chi connectivity index (χ1v) is 6.61. The monoisotopic (exact) mass is 235 g/mol. The molecule has 0 fully saturated rings. The van der Waals surface area contributed by atoms with Crippen molar-refractivity contribution in [2.24, 2.45) is 0 Å². The third-order valence-corrected chi connectivity index (χ3v) is 2.83. The van der Waals surface area contributed by atoms with Gasteiger partial charge in [-0.2, -0.15) is 0 Å². The minimum absolute atomic E-state index is 1.09. The highest BCUT2D eigenvalue weighted by Crippen LogP contribution is 2.00. The summed E-state index contributed by atoms with van der Waals surface area (Å²) in [7, 11) is 2.19. The van der Waals surface area contributed by atoms with Gasteiger partial charge in [-0.3, -0.25) is 4.98 Å². The van der Waals surface area contributed by atoms with E-state index in [0.717, 1.165) is 32.6 Å². The molecule has 0 unspecified atom stereocenters. The first-order chi connectivity index (χ1) is 8.33. The second-order valence-corrected chi connectivity index (χ2v) is 4.52. The lowest BCUT2D eigenvalue weighted by molar-refractivity contribution is 0.327. The first kappa shape index (κ1) is 14.1. The molecule has 3 nitrogen and oxygen atoms in total. The van der Waals surface area contributed by atoms with E-state index in [1.807, 2.05) is 18.5 Å². The van der Waals surface area contributed by atoms with Crippen LogP contribution >= 0.6 is 0 Å². The molecule has 0 atom stereocenters. The second kappa shape index (κ2) is 9.14. The normalized spacial score (nSPS) is 11.0. The predicted octanol–water partition coefficient (Wildman–Crippen LogP) is 1.95. The summed E-state index contributed by atoms with van der Waals surface area (Å²) in [4.78, 5) is 6.52. The Bertz CT molecular complexity index is 274. The van der Waals surface area contributed by atoms with E-state index in [9.17, 15) is 0 Å². The van der Waals surface area contributed by atoms with Gasteiger partial charge in [0.15, 0.2) is 0 Å². The lowest BCUT2D eigenvalue weighted by atomic mass is 10.1. The molecule has 0 spiro atoms. The van der Waals surface area contributed by atoms with Crippen molar-refractivity contribution in [2.75, 3.05) is 33.2 Å². The van der Waals surface area contributed by atoms with Crippen molar-refractivity contribution in [1.29, 1.82) is 0 Å². The Morgan fingerprint density at radius 3 is 2.88 bits per heavy atom. The molecule has 17 heavy (non-hydrogen) atoms. The van der Waals surface area contributed by atoms with Crippen molar-refractivity contribution >= 4 is 0 Å². The van der Waals surface area contributed by atoms with E-state index in [0.29, 0.717) is 0 Å². The summed E-state index contributed by atoms with van der Waals surface area (Å²) in [5.41, 5.74) is 1.34. The standard InChI is InChI=1S/C14H25N3/c1-3-8-15-10-12-17(2)11-5-7-14-6-4-9-16-13-14/h4,6,9,13,15H,3,5,7-8,10-12H2,1-2H3. The molecular weight excluding hydrogens is 210 g/mol. The van der Waals surface area contributed by atoms with Crippen LogP contribution in [0.5, 0.6) is 0 Å². The van der Waals surface area contributed by atoms with E-state index in [1.165, 1.54) is 18.4 Å². The largest absolute Gasteiger partial charge is 0.315 e. The average Bonchev–Trinajstić information content (AvgIpc) is 2.36. The van der Waals surface area contributed by atoms with Gasteiger partial charge in [0.25, 0.3) is 0 Å². The SMILES string of the molecule is CCCNCCN(C)CCCc1cccnc1. The van der Waals surface area contributed by atoms with Crippen molar-refractivity contribution < 1.29 is 0 Å². The lowest BCUT2D eigenvalue weighted by Gasteiger charge is -2.16. The summed E-state index contributed by atoms with van der Waals surface area (Å²) in [5.74, 6) is 0. The molecule has 96 valence electrons. The minimum atomic E-state index is 1.09. The fourth-order valence-corrected chi connectivity index (χ4v) is 1.78. The average molecular weight is 235 g/mol. The highest BCUT2D eigenvalue weighted by molar-refractivity contribution is 5.08. The van der Waals surface area contributed by atoms with Crippen LogP contribution in [-0.2, 0) is 6.42 Å². The Morgan fingerprint density at radius 1 is 1.29 bits per heavy atom. The van der Waals surface area contributed by atoms with Gasteiger partial charge in [0, 0.05) is 25.5 Å². The number of rotatable bonds is 9. The Kier molecular flexibility index (Phi) is 7.60. The van der Waals surface area contributed by atoms with Crippen LogP contribution in [0.15, 0.2) is 24.5 Å². The smallest absolute Gasteiger partial charge is 0.0299 e.